The van der Waals surface area contributed by atoms with Gasteiger partial charge in [-0.25, -0.2) is 0 Å². The number of amides is 1. The molecule has 0 aliphatic carbocycles. The number of rotatable bonds is 6. The summed E-state index contributed by atoms with van der Waals surface area (Å²) in [6.07, 6.45) is 8.11. The van der Waals surface area contributed by atoms with E-state index in [0.717, 1.165) is 36.8 Å². The SMILES string of the molecule is O=C(CCc1ccco1)NCCc1nnc2n1CCCCC2. The van der Waals surface area contributed by atoms with Gasteiger partial charge in [-0.2, -0.15) is 0 Å². The maximum absolute atomic E-state index is 11.8. The summed E-state index contributed by atoms with van der Waals surface area (Å²) in [5.74, 6) is 2.98. The van der Waals surface area contributed by atoms with E-state index in [9.17, 15) is 4.79 Å². The Balaban J connectivity index is 1.43. The smallest absolute Gasteiger partial charge is 0.220 e. The number of nitrogens with zero attached hydrogens (tertiary/aromatic N) is 3. The van der Waals surface area contributed by atoms with Crippen LogP contribution in [0.15, 0.2) is 22.8 Å². The van der Waals surface area contributed by atoms with Crippen LogP contribution in [0, 0.1) is 0 Å². The van der Waals surface area contributed by atoms with Gasteiger partial charge in [0.25, 0.3) is 0 Å². The Bertz CT molecular complexity index is 604. The van der Waals surface area contributed by atoms with Gasteiger partial charge in [-0.1, -0.05) is 6.42 Å². The minimum absolute atomic E-state index is 0.0482. The van der Waals surface area contributed by atoms with Crippen LogP contribution >= 0.6 is 0 Å². The van der Waals surface area contributed by atoms with Crippen molar-refractivity contribution in [3.63, 3.8) is 0 Å². The first kappa shape index (κ1) is 14.8. The van der Waals surface area contributed by atoms with Crippen molar-refractivity contribution in [1.29, 1.82) is 0 Å². The van der Waals surface area contributed by atoms with Gasteiger partial charge in [-0.05, 0) is 25.0 Å². The largest absolute Gasteiger partial charge is 0.469 e. The summed E-state index contributed by atoms with van der Waals surface area (Å²) in [7, 11) is 0. The highest BCUT2D eigenvalue weighted by Crippen LogP contribution is 2.14. The summed E-state index contributed by atoms with van der Waals surface area (Å²) in [5, 5.41) is 11.5. The number of fused-ring (bicyclic) bond motifs is 1. The monoisotopic (exact) mass is 302 g/mol. The van der Waals surface area contributed by atoms with Crippen LogP contribution in [-0.2, 0) is 30.6 Å². The molecule has 0 bridgehead atoms. The molecule has 1 aliphatic rings. The molecule has 0 fully saturated rings. The Kier molecular flexibility index (Phi) is 4.88. The first-order valence-corrected chi connectivity index (χ1v) is 8.03. The fraction of sp³-hybridized carbons (Fsp3) is 0.562. The van der Waals surface area contributed by atoms with Crippen molar-refractivity contribution in [1.82, 2.24) is 20.1 Å². The van der Waals surface area contributed by atoms with Crippen LogP contribution in [0.2, 0.25) is 0 Å². The molecule has 0 unspecified atom stereocenters. The summed E-state index contributed by atoms with van der Waals surface area (Å²) < 4.78 is 7.44. The zero-order valence-corrected chi connectivity index (χ0v) is 12.8. The summed E-state index contributed by atoms with van der Waals surface area (Å²) in [5.41, 5.74) is 0. The zero-order chi connectivity index (χ0) is 15.2. The molecule has 6 heteroatoms. The lowest BCUT2D eigenvalue weighted by atomic mass is 10.2. The van der Waals surface area contributed by atoms with Crippen LogP contribution in [0.3, 0.4) is 0 Å². The highest BCUT2D eigenvalue weighted by Gasteiger charge is 2.14. The Morgan fingerprint density at radius 2 is 2.23 bits per heavy atom. The molecule has 0 atom stereocenters. The standard InChI is InChI=1S/C16H22N4O2/c21-16(8-7-13-5-4-12-22-13)17-10-9-15-19-18-14-6-2-1-3-11-20(14)15/h4-5,12H,1-3,6-11H2,(H,17,21). The highest BCUT2D eigenvalue weighted by molar-refractivity contribution is 5.76. The van der Waals surface area contributed by atoms with Gasteiger partial charge in [-0.3, -0.25) is 4.79 Å². The topological polar surface area (TPSA) is 73.0 Å². The second-order valence-corrected chi connectivity index (χ2v) is 5.67. The van der Waals surface area contributed by atoms with Gasteiger partial charge in [0.05, 0.1) is 6.26 Å². The second kappa shape index (κ2) is 7.24. The number of hydrogen-bond acceptors (Lipinski definition) is 4. The van der Waals surface area contributed by atoms with E-state index in [-0.39, 0.29) is 5.91 Å². The van der Waals surface area contributed by atoms with E-state index in [1.54, 1.807) is 6.26 Å². The van der Waals surface area contributed by atoms with Crippen LogP contribution in [0.1, 0.15) is 43.1 Å². The molecule has 22 heavy (non-hydrogen) atoms. The minimum atomic E-state index is 0.0482. The van der Waals surface area contributed by atoms with Gasteiger partial charge < -0.3 is 14.3 Å². The van der Waals surface area contributed by atoms with Crippen LogP contribution in [0.25, 0.3) is 0 Å². The molecule has 2 aromatic rings. The average Bonchev–Trinajstić information content (AvgIpc) is 3.11. The molecule has 1 amide bonds. The molecule has 0 saturated heterocycles. The molecule has 3 rings (SSSR count). The van der Waals surface area contributed by atoms with Gasteiger partial charge >= 0.3 is 0 Å². The van der Waals surface area contributed by atoms with Gasteiger partial charge in [0, 0.05) is 38.8 Å². The van der Waals surface area contributed by atoms with E-state index >= 15 is 0 Å². The quantitative estimate of drug-likeness (QED) is 0.884. The highest BCUT2D eigenvalue weighted by atomic mass is 16.3. The van der Waals surface area contributed by atoms with E-state index in [0.29, 0.717) is 19.4 Å². The maximum Gasteiger partial charge on any atom is 0.220 e. The molecule has 118 valence electrons. The first-order valence-electron chi connectivity index (χ1n) is 8.03. The van der Waals surface area contributed by atoms with E-state index in [1.165, 1.54) is 19.3 Å². The van der Waals surface area contributed by atoms with Crippen molar-refractivity contribution in [2.75, 3.05) is 6.54 Å². The number of aryl methyl sites for hydroxylation is 2. The Morgan fingerprint density at radius 3 is 3.09 bits per heavy atom. The molecule has 2 aromatic heterocycles. The molecule has 0 radical (unpaired) electrons. The number of furan rings is 1. The number of carbonyl (C=O) groups is 1. The number of carbonyl (C=O) groups excluding carboxylic acids is 1. The van der Waals surface area contributed by atoms with E-state index in [1.807, 2.05) is 12.1 Å². The van der Waals surface area contributed by atoms with E-state index < -0.39 is 0 Å². The third-order valence-electron chi connectivity index (χ3n) is 4.04. The van der Waals surface area contributed by atoms with E-state index in [2.05, 4.69) is 20.1 Å². The Labute approximate surface area is 129 Å². The molecule has 6 nitrogen and oxygen atoms in total. The lowest BCUT2D eigenvalue weighted by molar-refractivity contribution is -0.121. The van der Waals surface area contributed by atoms with Crippen molar-refractivity contribution >= 4 is 5.91 Å². The molecule has 3 heterocycles. The lowest BCUT2D eigenvalue weighted by Gasteiger charge is -2.07. The van der Waals surface area contributed by atoms with Gasteiger partial charge in [0.2, 0.25) is 5.91 Å². The summed E-state index contributed by atoms with van der Waals surface area (Å²) in [4.78, 5) is 11.8. The zero-order valence-electron chi connectivity index (χ0n) is 12.8. The Hall–Kier alpha value is -2.11. The number of nitrogens with one attached hydrogen (secondary N) is 1. The van der Waals surface area contributed by atoms with Crippen molar-refractivity contribution in [2.45, 2.75) is 51.5 Å². The van der Waals surface area contributed by atoms with Crippen molar-refractivity contribution in [2.24, 2.45) is 0 Å². The third-order valence-corrected chi connectivity index (χ3v) is 4.04. The van der Waals surface area contributed by atoms with Crippen LogP contribution in [0.5, 0.6) is 0 Å². The molecular formula is C16H22N4O2. The molecule has 0 saturated carbocycles. The number of hydrogen-bond donors (Lipinski definition) is 1. The summed E-state index contributed by atoms with van der Waals surface area (Å²) in [6.45, 7) is 1.61. The second-order valence-electron chi connectivity index (χ2n) is 5.67. The van der Waals surface area contributed by atoms with E-state index in [4.69, 9.17) is 4.42 Å². The van der Waals surface area contributed by atoms with Gasteiger partial charge in [0.15, 0.2) is 0 Å². The normalized spacial score (nSPS) is 14.4. The van der Waals surface area contributed by atoms with Gasteiger partial charge in [-0.15, -0.1) is 10.2 Å². The maximum atomic E-state index is 11.8. The first-order chi connectivity index (χ1) is 10.8. The Morgan fingerprint density at radius 1 is 1.27 bits per heavy atom. The molecule has 0 aromatic carbocycles. The molecule has 1 aliphatic heterocycles. The van der Waals surface area contributed by atoms with Crippen LogP contribution < -0.4 is 5.32 Å². The predicted octanol–water partition coefficient (Wildman–Crippen LogP) is 1.89. The minimum Gasteiger partial charge on any atom is -0.469 e. The molecular weight excluding hydrogens is 280 g/mol. The molecule has 0 spiro atoms. The average molecular weight is 302 g/mol. The van der Waals surface area contributed by atoms with Gasteiger partial charge in [0.1, 0.15) is 17.4 Å². The summed E-state index contributed by atoms with van der Waals surface area (Å²) in [6, 6.07) is 3.73. The third kappa shape index (κ3) is 3.75. The fourth-order valence-electron chi connectivity index (χ4n) is 2.82. The van der Waals surface area contributed by atoms with Crippen molar-refractivity contribution in [3.05, 3.63) is 35.8 Å². The van der Waals surface area contributed by atoms with Crippen LogP contribution in [0.4, 0.5) is 0 Å². The number of aromatic nitrogens is 3. The predicted molar refractivity (Wildman–Crippen MR) is 81.3 cm³/mol. The summed E-state index contributed by atoms with van der Waals surface area (Å²) >= 11 is 0. The molecule has 1 N–H and O–H groups in total. The van der Waals surface area contributed by atoms with Crippen molar-refractivity contribution in [3.8, 4) is 0 Å². The van der Waals surface area contributed by atoms with Crippen molar-refractivity contribution < 1.29 is 9.21 Å². The fourth-order valence-corrected chi connectivity index (χ4v) is 2.82. The lowest BCUT2D eigenvalue weighted by Crippen LogP contribution is -2.26. The van der Waals surface area contributed by atoms with Crippen LogP contribution in [-0.4, -0.2) is 27.2 Å².